The molecule has 1 rings (SSSR count). The predicted octanol–water partition coefficient (Wildman–Crippen LogP) is 2.02. The molecular formula is C10H12NO. The molecule has 1 amide bonds. The second kappa shape index (κ2) is 3.90. The van der Waals surface area contributed by atoms with E-state index in [0.717, 1.165) is 12.1 Å². The van der Waals surface area contributed by atoms with E-state index in [4.69, 9.17) is 0 Å². The smallest absolute Gasteiger partial charge is 0.224 e. The molecule has 2 heteroatoms. The van der Waals surface area contributed by atoms with Crippen molar-refractivity contribution in [1.82, 2.24) is 0 Å². The van der Waals surface area contributed by atoms with Gasteiger partial charge in [-0.15, -0.1) is 0 Å². The van der Waals surface area contributed by atoms with Gasteiger partial charge < -0.3 is 5.32 Å². The Morgan fingerprint density at radius 3 is 2.92 bits per heavy atom. The number of hydrogen-bond donors (Lipinski definition) is 1. The lowest BCUT2D eigenvalue weighted by Crippen LogP contribution is -2.06. The van der Waals surface area contributed by atoms with Crippen LogP contribution in [0.3, 0.4) is 0 Å². The number of benzene rings is 1. The molecule has 0 atom stereocenters. The lowest BCUT2D eigenvalue weighted by Gasteiger charge is -2.02. The average molecular weight is 162 g/mol. The van der Waals surface area contributed by atoms with Crippen LogP contribution in [0.5, 0.6) is 0 Å². The van der Waals surface area contributed by atoms with Crippen molar-refractivity contribution in [3.63, 3.8) is 0 Å². The van der Waals surface area contributed by atoms with Gasteiger partial charge in [0.15, 0.2) is 0 Å². The van der Waals surface area contributed by atoms with Crippen molar-refractivity contribution in [2.45, 2.75) is 13.3 Å². The summed E-state index contributed by atoms with van der Waals surface area (Å²) in [5.41, 5.74) is 2.02. The van der Waals surface area contributed by atoms with Crippen LogP contribution >= 0.6 is 0 Å². The summed E-state index contributed by atoms with van der Waals surface area (Å²) >= 11 is 0. The molecule has 0 fully saturated rings. The molecule has 12 heavy (non-hydrogen) atoms. The van der Waals surface area contributed by atoms with Crippen molar-refractivity contribution in [2.24, 2.45) is 0 Å². The van der Waals surface area contributed by atoms with Crippen molar-refractivity contribution in [3.8, 4) is 0 Å². The van der Waals surface area contributed by atoms with Crippen LogP contribution in [0, 0.1) is 6.92 Å². The summed E-state index contributed by atoms with van der Waals surface area (Å²) in [5, 5.41) is 2.63. The molecule has 0 aliphatic carbocycles. The topological polar surface area (TPSA) is 29.1 Å². The fourth-order valence-electron chi connectivity index (χ4n) is 1.03. The third-order valence-electron chi connectivity index (χ3n) is 1.62. The molecule has 0 spiro atoms. The van der Waals surface area contributed by atoms with Crippen LogP contribution in [0.15, 0.2) is 24.3 Å². The third-order valence-corrected chi connectivity index (χ3v) is 1.62. The van der Waals surface area contributed by atoms with Crippen molar-refractivity contribution in [3.05, 3.63) is 36.8 Å². The van der Waals surface area contributed by atoms with Crippen LogP contribution in [0.2, 0.25) is 0 Å². The highest BCUT2D eigenvalue weighted by atomic mass is 16.1. The van der Waals surface area contributed by atoms with E-state index >= 15 is 0 Å². The Hall–Kier alpha value is -1.31. The van der Waals surface area contributed by atoms with E-state index in [9.17, 15) is 4.79 Å². The molecule has 1 aromatic rings. The number of carbonyl (C=O) groups excluding carboxylic acids is 1. The normalized spacial score (nSPS) is 9.50. The van der Waals surface area contributed by atoms with Crippen molar-refractivity contribution in [2.75, 3.05) is 5.32 Å². The minimum atomic E-state index is -0.275. The first-order valence-electron chi connectivity index (χ1n) is 3.94. The number of rotatable bonds is 2. The third kappa shape index (κ3) is 2.38. The van der Waals surface area contributed by atoms with E-state index < -0.39 is 0 Å². The number of hydrogen-bond acceptors (Lipinski definition) is 1. The van der Waals surface area contributed by atoms with Crippen molar-refractivity contribution < 1.29 is 4.79 Å². The largest absolute Gasteiger partial charge is 0.326 e. The van der Waals surface area contributed by atoms with Crippen LogP contribution in [0.25, 0.3) is 0 Å². The average Bonchev–Trinajstić information content (AvgIpc) is 2.03. The Morgan fingerprint density at radius 1 is 1.58 bits per heavy atom. The molecule has 1 radical (unpaired) electrons. The van der Waals surface area contributed by atoms with E-state index in [0.29, 0.717) is 0 Å². The summed E-state index contributed by atoms with van der Waals surface area (Å²) in [6.07, 6.45) is 0.973. The number of carbonyl (C=O) groups is 1. The van der Waals surface area contributed by atoms with Gasteiger partial charge in [-0.2, -0.15) is 0 Å². The molecule has 1 N–H and O–H groups in total. The van der Waals surface area contributed by atoms with Gasteiger partial charge in [0.05, 0.1) is 0 Å². The molecular weight excluding hydrogens is 150 g/mol. The van der Waals surface area contributed by atoms with Gasteiger partial charge in [0.25, 0.3) is 0 Å². The van der Waals surface area contributed by atoms with E-state index in [2.05, 4.69) is 19.2 Å². The number of nitrogens with one attached hydrogen (secondary N) is 1. The van der Waals surface area contributed by atoms with Gasteiger partial charge in [-0.1, -0.05) is 19.1 Å². The lowest BCUT2D eigenvalue weighted by atomic mass is 10.1. The first-order valence-corrected chi connectivity index (χ1v) is 3.94. The summed E-state index contributed by atoms with van der Waals surface area (Å²) in [4.78, 5) is 10.6. The molecule has 2 nitrogen and oxygen atoms in total. The molecule has 0 unspecified atom stereocenters. The Balaban J connectivity index is 2.79. The van der Waals surface area contributed by atoms with Crippen LogP contribution < -0.4 is 5.32 Å². The Bertz CT molecular complexity index is 281. The maximum absolute atomic E-state index is 10.6. The summed E-state index contributed by atoms with van der Waals surface area (Å²) in [6, 6.07) is 7.74. The fourth-order valence-corrected chi connectivity index (χ4v) is 1.03. The molecule has 1 aromatic carbocycles. The molecule has 0 saturated heterocycles. The monoisotopic (exact) mass is 162 g/mol. The van der Waals surface area contributed by atoms with Crippen LogP contribution in [0.4, 0.5) is 5.69 Å². The second-order valence-corrected chi connectivity index (χ2v) is 2.60. The highest BCUT2D eigenvalue weighted by Crippen LogP contribution is 2.10. The van der Waals surface area contributed by atoms with Gasteiger partial charge in [0, 0.05) is 12.6 Å². The summed E-state index contributed by atoms with van der Waals surface area (Å²) in [6.45, 7) is 5.31. The first-order chi connectivity index (χ1) is 5.72. The van der Waals surface area contributed by atoms with Gasteiger partial charge in [-0.25, -0.2) is 0 Å². The maximum atomic E-state index is 10.6. The molecule has 0 aromatic heterocycles. The van der Waals surface area contributed by atoms with Crippen LogP contribution in [0.1, 0.15) is 12.5 Å². The fraction of sp³-hybridized carbons (Fsp3) is 0.200. The molecule has 0 aliphatic rings. The minimum absolute atomic E-state index is 0.275. The van der Waals surface area contributed by atoms with Crippen molar-refractivity contribution in [1.29, 1.82) is 0 Å². The van der Waals surface area contributed by atoms with E-state index in [1.165, 1.54) is 5.56 Å². The van der Waals surface area contributed by atoms with Crippen LogP contribution in [-0.4, -0.2) is 5.91 Å². The molecule has 63 valence electrons. The van der Waals surface area contributed by atoms with E-state index in [-0.39, 0.29) is 5.91 Å². The highest BCUT2D eigenvalue weighted by Gasteiger charge is 1.95. The quantitative estimate of drug-likeness (QED) is 0.708. The first kappa shape index (κ1) is 8.78. The van der Waals surface area contributed by atoms with Crippen molar-refractivity contribution >= 4 is 11.6 Å². The van der Waals surface area contributed by atoms with E-state index in [1.54, 1.807) is 0 Å². The zero-order chi connectivity index (χ0) is 8.97. The van der Waals surface area contributed by atoms with Gasteiger partial charge in [0.2, 0.25) is 5.91 Å². The SMILES string of the molecule is [CH2]C(=O)Nc1cccc(CC)c1. The number of aryl methyl sites for hydroxylation is 1. The van der Waals surface area contributed by atoms with Crippen LogP contribution in [-0.2, 0) is 11.2 Å². The minimum Gasteiger partial charge on any atom is -0.326 e. The Kier molecular flexibility index (Phi) is 2.86. The molecule has 0 bridgehead atoms. The standard InChI is InChI=1S/C10H12NO/c1-3-9-5-4-6-10(7-9)11-8(2)12/h4-7H,2-3H2,1H3,(H,11,12). The molecule has 0 aliphatic heterocycles. The zero-order valence-corrected chi connectivity index (χ0v) is 7.13. The maximum Gasteiger partial charge on any atom is 0.224 e. The Morgan fingerprint density at radius 2 is 2.33 bits per heavy atom. The second-order valence-electron chi connectivity index (χ2n) is 2.60. The van der Waals surface area contributed by atoms with Gasteiger partial charge in [-0.3, -0.25) is 4.79 Å². The number of anilines is 1. The highest BCUT2D eigenvalue weighted by molar-refractivity contribution is 5.93. The zero-order valence-electron chi connectivity index (χ0n) is 7.13. The Labute approximate surface area is 72.6 Å². The molecule has 0 heterocycles. The summed E-state index contributed by atoms with van der Waals surface area (Å²) < 4.78 is 0. The van der Waals surface area contributed by atoms with Gasteiger partial charge in [0.1, 0.15) is 0 Å². The van der Waals surface area contributed by atoms with Gasteiger partial charge >= 0.3 is 0 Å². The van der Waals surface area contributed by atoms with E-state index in [1.807, 2.05) is 24.3 Å². The summed E-state index contributed by atoms with van der Waals surface area (Å²) in [5.74, 6) is -0.275. The summed E-state index contributed by atoms with van der Waals surface area (Å²) in [7, 11) is 0. The number of amides is 1. The van der Waals surface area contributed by atoms with Gasteiger partial charge in [-0.05, 0) is 24.1 Å². The predicted molar refractivity (Wildman–Crippen MR) is 49.8 cm³/mol. The lowest BCUT2D eigenvalue weighted by molar-refractivity contribution is -0.112. The molecule has 0 saturated carbocycles.